The maximum atomic E-state index is 6.13. The monoisotopic (exact) mass is 302 g/mol. The summed E-state index contributed by atoms with van der Waals surface area (Å²) in [5.74, 6) is 0. The van der Waals surface area contributed by atoms with Gasteiger partial charge in [0.05, 0.1) is 23.3 Å². The molecular formula is C14H20Cl2N2O. The number of morpholine rings is 1. The molecule has 1 heterocycles. The van der Waals surface area contributed by atoms with E-state index in [9.17, 15) is 0 Å². The molecule has 0 amide bonds. The van der Waals surface area contributed by atoms with Gasteiger partial charge in [-0.15, -0.1) is 0 Å². The topological polar surface area (TPSA) is 24.5 Å². The second kappa shape index (κ2) is 8.08. The molecule has 3 nitrogen and oxygen atoms in total. The van der Waals surface area contributed by atoms with E-state index in [-0.39, 0.29) is 0 Å². The summed E-state index contributed by atoms with van der Waals surface area (Å²) in [6, 6.07) is 5.74. The third kappa shape index (κ3) is 4.93. The summed E-state index contributed by atoms with van der Waals surface area (Å²) in [4.78, 5) is 2.44. The van der Waals surface area contributed by atoms with E-state index in [4.69, 9.17) is 27.9 Å². The minimum atomic E-state index is 0.620. The van der Waals surface area contributed by atoms with Crippen molar-refractivity contribution in [1.82, 2.24) is 10.2 Å². The molecule has 1 N–H and O–H groups in total. The summed E-state index contributed by atoms with van der Waals surface area (Å²) < 4.78 is 5.32. The van der Waals surface area contributed by atoms with E-state index < -0.39 is 0 Å². The summed E-state index contributed by atoms with van der Waals surface area (Å²) in [6.45, 7) is 6.72. The van der Waals surface area contributed by atoms with Crippen LogP contribution in [-0.2, 0) is 11.3 Å². The Labute approximate surface area is 124 Å². The van der Waals surface area contributed by atoms with Crippen molar-refractivity contribution in [3.8, 4) is 0 Å². The molecular weight excluding hydrogens is 283 g/mol. The number of nitrogens with one attached hydrogen (secondary N) is 1. The molecule has 1 aliphatic heterocycles. The highest BCUT2D eigenvalue weighted by Gasteiger charge is 2.09. The Morgan fingerprint density at radius 2 is 2.00 bits per heavy atom. The Balaban J connectivity index is 1.62. The number of hydrogen-bond acceptors (Lipinski definition) is 3. The summed E-state index contributed by atoms with van der Waals surface area (Å²) in [6.07, 6.45) is 1.14. The van der Waals surface area contributed by atoms with E-state index in [1.165, 1.54) is 0 Å². The number of benzene rings is 1. The van der Waals surface area contributed by atoms with Crippen LogP contribution in [-0.4, -0.2) is 44.3 Å². The van der Waals surface area contributed by atoms with Crippen LogP contribution in [0.2, 0.25) is 10.0 Å². The van der Waals surface area contributed by atoms with Crippen LogP contribution in [0.4, 0.5) is 0 Å². The van der Waals surface area contributed by atoms with Crippen molar-refractivity contribution >= 4 is 23.2 Å². The normalized spacial score (nSPS) is 16.7. The smallest absolute Gasteiger partial charge is 0.0637 e. The molecule has 0 aromatic heterocycles. The lowest BCUT2D eigenvalue weighted by Crippen LogP contribution is -2.37. The van der Waals surface area contributed by atoms with Gasteiger partial charge in [0, 0.05) is 19.6 Å². The fourth-order valence-electron chi connectivity index (χ4n) is 2.16. The van der Waals surface area contributed by atoms with Gasteiger partial charge in [-0.3, -0.25) is 4.90 Å². The summed E-state index contributed by atoms with van der Waals surface area (Å²) >= 11 is 12.1. The first-order valence-corrected chi connectivity index (χ1v) is 7.46. The van der Waals surface area contributed by atoms with Crippen molar-refractivity contribution in [3.63, 3.8) is 0 Å². The standard InChI is InChI=1S/C14H20Cl2N2O/c15-13-4-1-3-12(14(13)16)11-17-5-2-6-18-7-9-19-10-8-18/h1,3-4,17H,2,5-11H2. The molecule has 0 radical (unpaired) electrons. The third-order valence-corrected chi connectivity index (χ3v) is 4.14. The molecule has 0 unspecified atom stereocenters. The highest BCUT2D eigenvalue weighted by molar-refractivity contribution is 6.42. The zero-order valence-corrected chi connectivity index (χ0v) is 12.5. The van der Waals surface area contributed by atoms with Crippen LogP contribution in [0.25, 0.3) is 0 Å². The quantitative estimate of drug-likeness (QED) is 0.818. The lowest BCUT2D eigenvalue weighted by molar-refractivity contribution is 0.0374. The van der Waals surface area contributed by atoms with E-state index in [2.05, 4.69) is 10.2 Å². The van der Waals surface area contributed by atoms with Crippen LogP contribution in [0, 0.1) is 0 Å². The van der Waals surface area contributed by atoms with Crippen molar-refractivity contribution < 1.29 is 4.74 Å². The fourth-order valence-corrected chi connectivity index (χ4v) is 2.55. The number of ether oxygens (including phenoxy) is 1. The van der Waals surface area contributed by atoms with Gasteiger partial charge in [-0.1, -0.05) is 35.3 Å². The second-order valence-electron chi connectivity index (χ2n) is 4.70. The highest BCUT2D eigenvalue weighted by atomic mass is 35.5. The zero-order valence-electron chi connectivity index (χ0n) is 11.0. The van der Waals surface area contributed by atoms with Crippen LogP contribution in [0.3, 0.4) is 0 Å². The van der Waals surface area contributed by atoms with E-state index >= 15 is 0 Å². The maximum Gasteiger partial charge on any atom is 0.0637 e. The third-order valence-electron chi connectivity index (χ3n) is 3.28. The second-order valence-corrected chi connectivity index (χ2v) is 5.48. The fraction of sp³-hybridized carbons (Fsp3) is 0.571. The zero-order chi connectivity index (χ0) is 13.5. The molecule has 0 saturated carbocycles. The molecule has 1 fully saturated rings. The Hall–Kier alpha value is -0.320. The number of nitrogens with zero attached hydrogens (tertiary/aromatic N) is 1. The summed E-state index contributed by atoms with van der Waals surface area (Å²) in [7, 11) is 0. The molecule has 0 bridgehead atoms. The Bertz CT molecular complexity index is 395. The SMILES string of the molecule is Clc1cccc(CNCCCN2CCOCC2)c1Cl. The van der Waals surface area contributed by atoms with Gasteiger partial charge in [-0.05, 0) is 31.1 Å². The van der Waals surface area contributed by atoms with Crippen molar-refractivity contribution in [2.24, 2.45) is 0 Å². The van der Waals surface area contributed by atoms with Gasteiger partial charge >= 0.3 is 0 Å². The molecule has 2 rings (SSSR count). The van der Waals surface area contributed by atoms with Crippen LogP contribution < -0.4 is 5.32 Å². The molecule has 1 aromatic rings. The van der Waals surface area contributed by atoms with Gasteiger partial charge in [0.25, 0.3) is 0 Å². The van der Waals surface area contributed by atoms with E-state index in [0.717, 1.165) is 57.9 Å². The van der Waals surface area contributed by atoms with Crippen molar-refractivity contribution in [1.29, 1.82) is 0 Å². The predicted molar refractivity (Wildman–Crippen MR) is 80.0 cm³/mol. The Morgan fingerprint density at radius 3 is 2.79 bits per heavy atom. The van der Waals surface area contributed by atoms with Crippen molar-refractivity contribution in [2.45, 2.75) is 13.0 Å². The first kappa shape index (κ1) is 15.1. The molecule has 106 valence electrons. The van der Waals surface area contributed by atoms with Gasteiger partial charge in [-0.25, -0.2) is 0 Å². The van der Waals surface area contributed by atoms with Gasteiger partial charge in [0.2, 0.25) is 0 Å². The van der Waals surface area contributed by atoms with Gasteiger partial charge in [-0.2, -0.15) is 0 Å². The van der Waals surface area contributed by atoms with Gasteiger partial charge in [0.1, 0.15) is 0 Å². The molecule has 0 spiro atoms. The molecule has 5 heteroatoms. The highest BCUT2D eigenvalue weighted by Crippen LogP contribution is 2.25. The Kier molecular flexibility index (Phi) is 6.41. The van der Waals surface area contributed by atoms with Gasteiger partial charge in [0.15, 0.2) is 0 Å². The van der Waals surface area contributed by atoms with Crippen LogP contribution in [0.15, 0.2) is 18.2 Å². The molecule has 1 aliphatic rings. The van der Waals surface area contributed by atoms with Crippen LogP contribution in [0.5, 0.6) is 0 Å². The van der Waals surface area contributed by atoms with E-state index in [1.54, 1.807) is 0 Å². The number of hydrogen-bond donors (Lipinski definition) is 1. The molecule has 19 heavy (non-hydrogen) atoms. The maximum absolute atomic E-state index is 6.13. The largest absolute Gasteiger partial charge is 0.379 e. The van der Waals surface area contributed by atoms with Crippen LogP contribution in [0.1, 0.15) is 12.0 Å². The van der Waals surface area contributed by atoms with Gasteiger partial charge < -0.3 is 10.1 Å². The van der Waals surface area contributed by atoms with Crippen LogP contribution >= 0.6 is 23.2 Å². The summed E-state index contributed by atoms with van der Waals surface area (Å²) in [5.41, 5.74) is 1.06. The minimum absolute atomic E-state index is 0.620. The summed E-state index contributed by atoms with van der Waals surface area (Å²) in [5, 5.41) is 4.69. The number of rotatable bonds is 6. The molecule has 0 atom stereocenters. The molecule has 1 aromatic carbocycles. The predicted octanol–water partition coefficient (Wildman–Crippen LogP) is 2.81. The average molecular weight is 303 g/mol. The minimum Gasteiger partial charge on any atom is -0.379 e. The molecule has 1 saturated heterocycles. The average Bonchev–Trinajstić information content (AvgIpc) is 2.44. The first-order valence-electron chi connectivity index (χ1n) is 6.71. The first-order chi connectivity index (χ1) is 9.27. The van der Waals surface area contributed by atoms with E-state index in [0.29, 0.717) is 10.0 Å². The van der Waals surface area contributed by atoms with Crippen molar-refractivity contribution in [2.75, 3.05) is 39.4 Å². The number of halogens is 2. The lowest BCUT2D eigenvalue weighted by atomic mass is 10.2. The lowest BCUT2D eigenvalue weighted by Gasteiger charge is -2.26. The van der Waals surface area contributed by atoms with Crippen molar-refractivity contribution in [3.05, 3.63) is 33.8 Å². The Morgan fingerprint density at radius 1 is 1.21 bits per heavy atom. The van der Waals surface area contributed by atoms with E-state index in [1.807, 2.05) is 18.2 Å². The molecule has 0 aliphatic carbocycles.